The Morgan fingerprint density at radius 3 is 2.47 bits per heavy atom. The Hall–Kier alpha value is -2.50. The van der Waals surface area contributed by atoms with Crippen LogP contribution in [0.5, 0.6) is 0 Å². The number of carbonyl (C=O) groups is 1. The number of anilines is 2. The van der Waals surface area contributed by atoms with Crippen LogP contribution in [0.2, 0.25) is 0 Å². The van der Waals surface area contributed by atoms with Gasteiger partial charge in [-0.15, -0.1) is 0 Å². The summed E-state index contributed by atoms with van der Waals surface area (Å²) in [6.07, 6.45) is 0. The Labute approximate surface area is 109 Å². The van der Waals surface area contributed by atoms with Gasteiger partial charge in [-0.25, -0.2) is 19.2 Å². The lowest BCUT2D eigenvalue weighted by molar-refractivity contribution is 0.0690. The van der Waals surface area contributed by atoms with Crippen LogP contribution >= 0.6 is 0 Å². The average Bonchev–Trinajstić information content (AvgIpc) is 2.38. The lowest BCUT2D eigenvalue weighted by atomic mass is 10.3. The van der Waals surface area contributed by atoms with Crippen LogP contribution in [-0.2, 0) is 0 Å². The molecule has 0 aliphatic heterocycles. The number of aryl methyl sites for hydroxylation is 1. The van der Waals surface area contributed by atoms with Gasteiger partial charge in [0, 0.05) is 18.4 Å². The molecular weight excluding hydrogens is 249 g/mol. The van der Waals surface area contributed by atoms with Crippen LogP contribution in [0.4, 0.5) is 16.0 Å². The highest BCUT2D eigenvalue weighted by Crippen LogP contribution is 2.20. The lowest BCUT2D eigenvalue weighted by Gasteiger charge is -2.17. The van der Waals surface area contributed by atoms with Gasteiger partial charge in [0.25, 0.3) is 0 Å². The third-order valence-corrected chi connectivity index (χ3v) is 2.58. The minimum absolute atomic E-state index is 0.0727. The molecule has 0 aliphatic rings. The highest BCUT2D eigenvalue weighted by molar-refractivity contribution is 5.85. The fourth-order valence-electron chi connectivity index (χ4n) is 1.59. The molecule has 19 heavy (non-hydrogen) atoms. The zero-order valence-electron chi connectivity index (χ0n) is 10.5. The normalized spacial score (nSPS) is 10.3. The van der Waals surface area contributed by atoms with E-state index in [9.17, 15) is 9.18 Å². The van der Waals surface area contributed by atoms with E-state index in [1.54, 1.807) is 31.0 Å². The van der Waals surface area contributed by atoms with Crippen LogP contribution in [0.3, 0.4) is 0 Å². The van der Waals surface area contributed by atoms with Crippen molar-refractivity contribution in [1.82, 2.24) is 9.97 Å². The average molecular weight is 261 g/mol. The van der Waals surface area contributed by atoms with Crippen LogP contribution in [0, 0.1) is 12.7 Å². The molecule has 0 spiro atoms. The van der Waals surface area contributed by atoms with E-state index in [1.807, 2.05) is 0 Å². The third kappa shape index (κ3) is 2.85. The summed E-state index contributed by atoms with van der Waals surface area (Å²) in [7, 11) is 1.69. The maximum atomic E-state index is 12.9. The summed E-state index contributed by atoms with van der Waals surface area (Å²) in [6, 6.07) is 7.17. The predicted octanol–water partition coefficient (Wildman–Crippen LogP) is 2.39. The second-order valence-electron chi connectivity index (χ2n) is 4.04. The maximum absolute atomic E-state index is 12.9. The molecule has 0 atom stereocenters. The summed E-state index contributed by atoms with van der Waals surface area (Å²) >= 11 is 0. The molecule has 1 N–H and O–H groups in total. The summed E-state index contributed by atoms with van der Waals surface area (Å²) in [5.74, 6) is -1.20. The molecule has 6 heteroatoms. The summed E-state index contributed by atoms with van der Waals surface area (Å²) in [5, 5.41) is 8.96. The Bertz CT molecular complexity index is 614. The fraction of sp³-hybridized carbons (Fsp3) is 0.154. The zero-order valence-corrected chi connectivity index (χ0v) is 10.5. The molecule has 1 aromatic heterocycles. The van der Waals surface area contributed by atoms with Gasteiger partial charge in [0.05, 0.1) is 0 Å². The molecule has 2 rings (SSSR count). The minimum atomic E-state index is -1.11. The number of aromatic carboxylic acids is 1. The first kappa shape index (κ1) is 12.9. The molecule has 98 valence electrons. The van der Waals surface area contributed by atoms with Gasteiger partial charge in [0.2, 0.25) is 5.95 Å². The van der Waals surface area contributed by atoms with E-state index in [0.29, 0.717) is 11.4 Å². The predicted molar refractivity (Wildman–Crippen MR) is 68.2 cm³/mol. The van der Waals surface area contributed by atoms with Crippen LogP contribution in [0.15, 0.2) is 30.3 Å². The standard InChI is InChI=1S/C13H12FN3O2/c1-8-7-11(12(18)19)16-13(15-8)17(2)10-5-3-9(14)4-6-10/h3-7H,1-2H3,(H,18,19). The highest BCUT2D eigenvalue weighted by Gasteiger charge is 2.12. The molecule has 0 amide bonds. The Balaban J connectivity index is 2.40. The van der Waals surface area contributed by atoms with Crippen molar-refractivity contribution in [1.29, 1.82) is 0 Å². The second-order valence-corrected chi connectivity index (χ2v) is 4.04. The topological polar surface area (TPSA) is 66.3 Å². The quantitative estimate of drug-likeness (QED) is 0.918. The molecule has 5 nitrogen and oxygen atoms in total. The number of halogens is 1. The van der Waals surface area contributed by atoms with E-state index in [-0.39, 0.29) is 17.5 Å². The van der Waals surface area contributed by atoms with E-state index in [1.165, 1.54) is 18.2 Å². The van der Waals surface area contributed by atoms with Gasteiger partial charge in [0.15, 0.2) is 5.69 Å². The molecule has 0 saturated carbocycles. The number of hydrogen-bond donors (Lipinski definition) is 1. The molecule has 1 heterocycles. The van der Waals surface area contributed by atoms with Crippen molar-refractivity contribution in [2.45, 2.75) is 6.92 Å². The molecule has 0 bridgehead atoms. The number of benzene rings is 1. The molecule has 0 radical (unpaired) electrons. The minimum Gasteiger partial charge on any atom is -0.477 e. The van der Waals surface area contributed by atoms with E-state index in [0.717, 1.165) is 0 Å². The van der Waals surface area contributed by atoms with E-state index >= 15 is 0 Å². The van der Waals surface area contributed by atoms with Gasteiger partial charge in [-0.3, -0.25) is 0 Å². The summed E-state index contributed by atoms with van der Waals surface area (Å²) in [4.78, 5) is 20.7. The largest absolute Gasteiger partial charge is 0.477 e. The molecular formula is C13H12FN3O2. The highest BCUT2D eigenvalue weighted by atomic mass is 19.1. The van der Waals surface area contributed by atoms with Gasteiger partial charge in [0.1, 0.15) is 5.82 Å². The number of carboxylic acid groups (broad SMARTS) is 1. The molecule has 0 aliphatic carbocycles. The summed E-state index contributed by atoms with van der Waals surface area (Å²) in [6.45, 7) is 1.69. The van der Waals surface area contributed by atoms with E-state index < -0.39 is 5.97 Å². The second kappa shape index (κ2) is 5.01. The van der Waals surface area contributed by atoms with Crippen molar-refractivity contribution >= 4 is 17.6 Å². The van der Waals surface area contributed by atoms with Crippen molar-refractivity contribution < 1.29 is 14.3 Å². The van der Waals surface area contributed by atoms with Crippen molar-refractivity contribution in [3.8, 4) is 0 Å². The Morgan fingerprint density at radius 1 is 1.26 bits per heavy atom. The number of hydrogen-bond acceptors (Lipinski definition) is 4. The number of carboxylic acids is 1. The van der Waals surface area contributed by atoms with Gasteiger partial charge in [-0.2, -0.15) is 0 Å². The Kier molecular flexibility index (Phi) is 3.41. The molecule has 2 aromatic rings. The summed E-state index contributed by atoms with van der Waals surface area (Å²) < 4.78 is 12.9. The number of aromatic nitrogens is 2. The number of rotatable bonds is 3. The first-order chi connectivity index (χ1) is 8.97. The molecule has 0 unspecified atom stereocenters. The van der Waals surface area contributed by atoms with Gasteiger partial charge in [-0.05, 0) is 37.3 Å². The summed E-state index contributed by atoms with van der Waals surface area (Å²) in [5.41, 5.74) is 1.15. The van der Waals surface area contributed by atoms with Gasteiger partial charge >= 0.3 is 5.97 Å². The van der Waals surface area contributed by atoms with Crippen molar-refractivity contribution in [3.05, 3.63) is 47.5 Å². The first-order valence-electron chi connectivity index (χ1n) is 5.55. The van der Waals surface area contributed by atoms with E-state index in [2.05, 4.69) is 9.97 Å². The lowest BCUT2D eigenvalue weighted by Crippen LogP contribution is -2.16. The zero-order chi connectivity index (χ0) is 14.0. The first-order valence-corrected chi connectivity index (χ1v) is 5.55. The van der Waals surface area contributed by atoms with Crippen molar-refractivity contribution in [2.75, 3.05) is 11.9 Å². The van der Waals surface area contributed by atoms with Crippen LogP contribution in [0.1, 0.15) is 16.2 Å². The van der Waals surface area contributed by atoms with Crippen LogP contribution < -0.4 is 4.90 Å². The van der Waals surface area contributed by atoms with Crippen LogP contribution in [0.25, 0.3) is 0 Å². The Morgan fingerprint density at radius 2 is 1.89 bits per heavy atom. The van der Waals surface area contributed by atoms with E-state index in [4.69, 9.17) is 5.11 Å². The number of nitrogens with zero attached hydrogens (tertiary/aromatic N) is 3. The molecule has 0 fully saturated rings. The SMILES string of the molecule is Cc1cc(C(=O)O)nc(N(C)c2ccc(F)cc2)n1. The monoisotopic (exact) mass is 261 g/mol. The molecule has 0 saturated heterocycles. The maximum Gasteiger partial charge on any atom is 0.354 e. The third-order valence-electron chi connectivity index (χ3n) is 2.58. The van der Waals surface area contributed by atoms with Crippen LogP contribution in [-0.4, -0.2) is 28.1 Å². The van der Waals surface area contributed by atoms with Crippen molar-refractivity contribution in [3.63, 3.8) is 0 Å². The van der Waals surface area contributed by atoms with Gasteiger partial charge < -0.3 is 10.0 Å². The fourth-order valence-corrected chi connectivity index (χ4v) is 1.59. The van der Waals surface area contributed by atoms with Crippen molar-refractivity contribution in [2.24, 2.45) is 0 Å². The smallest absolute Gasteiger partial charge is 0.354 e. The van der Waals surface area contributed by atoms with Gasteiger partial charge in [-0.1, -0.05) is 0 Å². The molecule has 1 aromatic carbocycles.